The van der Waals surface area contributed by atoms with Gasteiger partial charge in [-0.1, -0.05) is 71.4 Å². The van der Waals surface area contributed by atoms with E-state index >= 15 is 0 Å². The first-order valence-corrected chi connectivity index (χ1v) is 16.4. The van der Waals surface area contributed by atoms with E-state index in [4.69, 9.17) is 33.2 Å². The second-order valence-electron chi connectivity index (χ2n) is 11.7. The van der Waals surface area contributed by atoms with Crippen molar-refractivity contribution in [2.45, 2.75) is 30.6 Å². The summed E-state index contributed by atoms with van der Waals surface area (Å²) in [6, 6.07) is 18.3. The van der Waals surface area contributed by atoms with E-state index < -0.39 is 11.7 Å². The van der Waals surface area contributed by atoms with E-state index in [2.05, 4.69) is 34.5 Å². The van der Waals surface area contributed by atoms with Crippen molar-refractivity contribution in [3.63, 3.8) is 0 Å². The largest absolute Gasteiger partial charge is 0.356 e. The molecule has 1 aliphatic carbocycles. The van der Waals surface area contributed by atoms with Crippen LogP contribution in [0.15, 0.2) is 111 Å². The quantitative estimate of drug-likeness (QED) is 0.306. The Labute approximate surface area is 276 Å². The lowest BCUT2D eigenvalue weighted by molar-refractivity contribution is 0.102. The summed E-state index contributed by atoms with van der Waals surface area (Å²) in [5.41, 5.74) is 3.81. The summed E-state index contributed by atoms with van der Waals surface area (Å²) in [6.45, 7) is 1.94. The van der Waals surface area contributed by atoms with Gasteiger partial charge in [0.15, 0.2) is 0 Å². The Bertz CT molecular complexity index is 1830. The minimum Gasteiger partial charge on any atom is -0.356 e. The zero-order valence-corrected chi connectivity index (χ0v) is 26.9. The molecule has 3 aromatic carbocycles. The number of allylic oxidation sites excluding steroid dienone is 2. The molecular weight excluding hydrogens is 628 g/mol. The minimum absolute atomic E-state index is 0.0313. The second kappa shape index (κ2) is 12.2. The summed E-state index contributed by atoms with van der Waals surface area (Å²) < 4.78 is 13.9. The van der Waals surface area contributed by atoms with Crippen molar-refractivity contribution in [2.75, 3.05) is 25.5 Å². The third kappa shape index (κ3) is 5.83. The van der Waals surface area contributed by atoms with Crippen LogP contribution in [0, 0.1) is 11.2 Å². The van der Waals surface area contributed by atoms with E-state index in [0.717, 1.165) is 53.2 Å². The van der Waals surface area contributed by atoms with Gasteiger partial charge in [0.25, 0.3) is 5.91 Å². The van der Waals surface area contributed by atoms with Crippen molar-refractivity contribution < 1.29 is 9.18 Å². The molecule has 3 aromatic rings. The molecule has 1 spiro atoms. The van der Waals surface area contributed by atoms with Crippen LogP contribution in [-0.4, -0.2) is 47.5 Å². The predicted octanol–water partition coefficient (Wildman–Crippen LogP) is 8.35. The summed E-state index contributed by atoms with van der Waals surface area (Å²) in [4.78, 5) is 28.7. The third-order valence-corrected chi connectivity index (χ3v) is 10.9. The van der Waals surface area contributed by atoms with Gasteiger partial charge in [-0.2, -0.15) is 0 Å². The first-order valence-electron chi connectivity index (χ1n) is 14.8. The van der Waals surface area contributed by atoms with Crippen LogP contribution in [0.4, 0.5) is 10.1 Å². The summed E-state index contributed by atoms with van der Waals surface area (Å²) >= 11 is 14.2. The number of aliphatic imine (C=N–C) groups is 2. The highest BCUT2D eigenvalue weighted by molar-refractivity contribution is 8.04. The third-order valence-electron chi connectivity index (χ3n) is 8.94. The van der Waals surface area contributed by atoms with E-state index in [1.54, 1.807) is 12.1 Å². The van der Waals surface area contributed by atoms with Gasteiger partial charge < -0.3 is 15.1 Å². The Kier molecular flexibility index (Phi) is 8.06. The maximum absolute atomic E-state index is 13.9. The molecule has 4 aliphatic rings. The minimum atomic E-state index is -0.661. The highest BCUT2D eigenvalue weighted by Gasteiger charge is 2.40. The van der Waals surface area contributed by atoms with Gasteiger partial charge in [-0.15, -0.1) is 0 Å². The average molecular weight is 659 g/mol. The molecule has 1 fully saturated rings. The van der Waals surface area contributed by atoms with Crippen LogP contribution in [0.1, 0.15) is 34.3 Å². The lowest BCUT2D eigenvalue weighted by atomic mass is 9.76. The number of nitrogens with zero attached hydrogens (tertiary/aromatic N) is 4. The van der Waals surface area contributed by atoms with Crippen LogP contribution in [0.3, 0.4) is 0 Å². The maximum atomic E-state index is 13.9. The lowest BCUT2D eigenvalue weighted by Crippen LogP contribution is -2.43. The molecule has 1 N–H and O–H groups in total. The molecule has 0 saturated carbocycles. The maximum Gasteiger partial charge on any atom is 0.257 e. The summed E-state index contributed by atoms with van der Waals surface area (Å²) in [5.74, 6) is 1.27. The fourth-order valence-electron chi connectivity index (χ4n) is 6.47. The van der Waals surface area contributed by atoms with Gasteiger partial charge in [0.1, 0.15) is 23.3 Å². The van der Waals surface area contributed by atoms with Crippen LogP contribution in [-0.2, 0) is 12.8 Å². The number of rotatable bonds is 4. The van der Waals surface area contributed by atoms with Gasteiger partial charge in [-0.25, -0.2) is 14.4 Å². The number of hydrogen-bond donors (Lipinski definition) is 1. The number of amidine groups is 2. The molecule has 3 heterocycles. The van der Waals surface area contributed by atoms with E-state index in [-0.39, 0.29) is 10.6 Å². The average Bonchev–Trinajstić information content (AvgIpc) is 3.40. The monoisotopic (exact) mass is 657 g/mol. The van der Waals surface area contributed by atoms with Crippen molar-refractivity contribution >= 4 is 58.2 Å². The topological polar surface area (TPSA) is 60.3 Å². The normalized spacial score (nSPS) is 21.4. The molecule has 0 radical (unpaired) electrons. The molecule has 1 amide bonds. The molecular formula is C35H30Cl2FN5OS. The standard InChI is InChI=1S/C35H30Cl2FN5OS/c1-42-29-13-12-28(45-27-11-5-10-26(32(27)37)40-34(44)24-8-4-9-25(38)31(24)36)33(42)39-17-14-30(41-29)43-18-15-35(16-19-43)20-22-6-2-3-7-23(22)21-35/h2-14,17H,15-16,18-21H2,1H3,(H,40,44)/b17-14+,30-14?,39-17?,39-33-,41-29?,41-30+. The van der Waals surface area contributed by atoms with E-state index in [1.165, 1.54) is 53.9 Å². The van der Waals surface area contributed by atoms with Gasteiger partial charge >= 0.3 is 0 Å². The van der Waals surface area contributed by atoms with Gasteiger partial charge in [0, 0.05) is 31.2 Å². The van der Waals surface area contributed by atoms with Gasteiger partial charge in [0.05, 0.1) is 26.2 Å². The highest BCUT2D eigenvalue weighted by atomic mass is 35.5. The number of halogens is 3. The Balaban J connectivity index is 1.06. The number of anilines is 1. The van der Waals surface area contributed by atoms with E-state index in [9.17, 15) is 9.18 Å². The summed E-state index contributed by atoms with van der Waals surface area (Å²) in [5, 5.41) is 2.88. The fraction of sp³-hybridized carbons (Fsp3) is 0.229. The van der Waals surface area contributed by atoms with Crippen LogP contribution < -0.4 is 5.32 Å². The molecule has 10 heteroatoms. The molecule has 45 heavy (non-hydrogen) atoms. The first kappa shape index (κ1) is 29.8. The highest BCUT2D eigenvalue weighted by Crippen LogP contribution is 2.45. The number of carbonyl (C=O) groups excluding carboxylic acids is 1. The fourth-order valence-corrected chi connectivity index (χ4v) is 7.97. The Morgan fingerprint density at radius 2 is 1.69 bits per heavy atom. The second-order valence-corrected chi connectivity index (χ2v) is 13.6. The number of amides is 1. The van der Waals surface area contributed by atoms with Gasteiger partial charge in [-0.05, 0) is 84.7 Å². The molecule has 2 bridgehead atoms. The SMILES string of the molecule is CN1C2=CC=C(Sc3cccc(NC(=O)c4cccc(F)c4Cl)c3Cl)/C1=N/C=C/C(N1CCC3(CC1)Cc1ccccc1C3)=N\2. The summed E-state index contributed by atoms with van der Waals surface area (Å²) in [6.07, 6.45) is 12.4. The Morgan fingerprint density at radius 1 is 0.956 bits per heavy atom. The zero-order valence-electron chi connectivity index (χ0n) is 24.6. The number of nitrogens with one attached hydrogen (secondary N) is 1. The first-order chi connectivity index (χ1) is 21.8. The molecule has 0 aromatic heterocycles. The summed E-state index contributed by atoms with van der Waals surface area (Å²) in [7, 11) is 1.96. The van der Waals surface area contributed by atoms with Crippen molar-refractivity contribution in [3.05, 3.63) is 128 Å². The molecule has 0 atom stereocenters. The number of thioether (sulfide) groups is 1. The predicted molar refractivity (Wildman–Crippen MR) is 182 cm³/mol. The van der Waals surface area contributed by atoms with Crippen LogP contribution in [0.2, 0.25) is 10.0 Å². The molecule has 3 aliphatic heterocycles. The molecule has 1 saturated heterocycles. The number of likely N-dealkylation sites (N-methyl/N-ethyl adjacent to an activating group) is 1. The number of piperidine rings is 1. The van der Waals surface area contributed by atoms with Crippen LogP contribution in [0.25, 0.3) is 0 Å². The van der Waals surface area contributed by atoms with Gasteiger partial charge in [0.2, 0.25) is 0 Å². The van der Waals surface area contributed by atoms with Crippen molar-refractivity contribution in [3.8, 4) is 0 Å². The van der Waals surface area contributed by atoms with E-state index in [1.807, 2.05) is 42.4 Å². The van der Waals surface area contributed by atoms with Crippen LogP contribution >= 0.6 is 35.0 Å². The van der Waals surface area contributed by atoms with Crippen molar-refractivity contribution in [1.29, 1.82) is 0 Å². The molecule has 0 unspecified atom stereocenters. The zero-order chi connectivity index (χ0) is 31.1. The number of benzene rings is 3. The Hall–Kier alpha value is -3.85. The molecule has 6 nitrogen and oxygen atoms in total. The molecule has 228 valence electrons. The number of likely N-dealkylation sites (tertiary alicyclic amines) is 1. The van der Waals surface area contributed by atoms with Crippen molar-refractivity contribution in [1.82, 2.24) is 9.80 Å². The number of fused-ring (bicyclic) bond motifs is 3. The Morgan fingerprint density at radius 3 is 2.44 bits per heavy atom. The smallest absolute Gasteiger partial charge is 0.257 e. The van der Waals surface area contributed by atoms with E-state index in [0.29, 0.717) is 16.1 Å². The van der Waals surface area contributed by atoms with Gasteiger partial charge in [-0.3, -0.25) is 4.79 Å². The lowest BCUT2D eigenvalue weighted by Gasteiger charge is -2.40. The van der Waals surface area contributed by atoms with Crippen LogP contribution in [0.5, 0.6) is 0 Å². The number of hydrogen-bond acceptors (Lipinski definition) is 6. The molecule has 7 rings (SSSR count). The number of carbonyl (C=O) groups is 1. The van der Waals surface area contributed by atoms with Crippen molar-refractivity contribution in [2.24, 2.45) is 15.4 Å².